The lowest BCUT2D eigenvalue weighted by atomic mass is 10.1. The van der Waals surface area contributed by atoms with Crippen molar-refractivity contribution in [2.24, 2.45) is 0 Å². The molecular weight excluding hydrogens is 336 g/mol. The molecule has 0 radical (unpaired) electrons. The Balaban J connectivity index is 1.85. The quantitative estimate of drug-likeness (QED) is 0.834. The fraction of sp³-hybridized carbons (Fsp3) is 0.0667. The highest BCUT2D eigenvalue weighted by atomic mass is 79.9. The van der Waals surface area contributed by atoms with Gasteiger partial charge in [0.2, 0.25) is 5.91 Å². The van der Waals surface area contributed by atoms with E-state index in [1.807, 2.05) is 54.6 Å². The average Bonchev–Trinajstić information content (AvgIpc) is 2.42. The molecule has 0 atom stereocenters. The van der Waals surface area contributed by atoms with E-state index in [9.17, 15) is 4.79 Å². The topological polar surface area (TPSA) is 41.1 Å². The Labute approximate surface area is 131 Å². The van der Waals surface area contributed by atoms with Crippen molar-refractivity contribution in [3.8, 4) is 0 Å². The van der Waals surface area contributed by atoms with E-state index in [4.69, 9.17) is 12.2 Å². The number of carbonyl (C=O) groups is 1. The summed E-state index contributed by atoms with van der Waals surface area (Å²) in [6.45, 7) is 0. The summed E-state index contributed by atoms with van der Waals surface area (Å²) in [5.74, 6) is -0.134. The number of rotatable bonds is 3. The monoisotopic (exact) mass is 348 g/mol. The molecule has 2 aromatic rings. The average molecular weight is 349 g/mol. The van der Waals surface area contributed by atoms with Gasteiger partial charge in [-0.2, -0.15) is 0 Å². The van der Waals surface area contributed by atoms with E-state index in [2.05, 4.69) is 26.6 Å². The summed E-state index contributed by atoms with van der Waals surface area (Å²) in [4.78, 5) is 11.8. The molecule has 5 heteroatoms. The maximum absolute atomic E-state index is 11.8. The number of hydrogen-bond donors (Lipinski definition) is 2. The molecule has 3 nitrogen and oxygen atoms in total. The Morgan fingerprint density at radius 2 is 1.70 bits per heavy atom. The maximum Gasteiger partial charge on any atom is 0.230 e. The van der Waals surface area contributed by atoms with Crippen LogP contribution in [0.15, 0.2) is 59.1 Å². The minimum absolute atomic E-state index is 0.134. The number of amides is 1. The highest BCUT2D eigenvalue weighted by molar-refractivity contribution is 9.10. The molecule has 1 amide bonds. The molecule has 0 spiro atoms. The number of carbonyl (C=O) groups excluding carboxylic acids is 1. The number of thiocarbonyl (C=S) groups is 1. The van der Waals surface area contributed by atoms with Crippen molar-refractivity contribution < 1.29 is 4.79 Å². The first-order chi connectivity index (χ1) is 9.63. The van der Waals surface area contributed by atoms with E-state index in [1.54, 1.807) is 0 Å². The van der Waals surface area contributed by atoms with E-state index in [0.717, 1.165) is 15.7 Å². The standard InChI is InChI=1S/C15H13BrN2OS/c16-12-6-8-13(9-7-12)17-15(20)18-14(19)10-11-4-2-1-3-5-11/h1-9H,10H2,(H2,17,18,19,20). The van der Waals surface area contributed by atoms with Crippen molar-refractivity contribution in [1.82, 2.24) is 5.32 Å². The third-order valence-electron chi connectivity index (χ3n) is 2.56. The predicted octanol–water partition coefficient (Wildman–Crippen LogP) is 3.50. The van der Waals surface area contributed by atoms with Crippen LogP contribution < -0.4 is 10.6 Å². The van der Waals surface area contributed by atoms with Crippen LogP contribution in [-0.2, 0) is 11.2 Å². The van der Waals surface area contributed by atoms with Crippen molar-refractivity contribution >= 4 is 44.9 Å². The van der Waals surface area contributed by atoms with Gasteiger partial charge >= 0.3 is 0 Å². The molecule has 0 unspecified atom stereocenters. The SMILES string of the molecule is O=C(Cc1ccccc1)NC(=S)Nc1ccc(Br)cc1. The summed E-state index contributed by atoms with van der Waals surface area (Å²) in [5.41, 5.74) is 1.79. The fourth-order valence-corrected chi connectivity index (χ4v) is 2.14. The summed E-state index contributed by atoms with van der Waals surface area (Å²) in [7, 11) is 0. The molecule has 0 bridgehead atoms. The van der Waals surface area contributed by atoms with Crippen LogP contribution in [0.4, 0.5) is 5.69 Å². The van der Waals surface area contributed by atoms with Gasteiger partial charge in [-0.15, -0.1) is 0 Å². The summed E-state index contributed by atoms with van der Waals surface area (Å²) in [5, 5.41) is 5.92. The first-order valence-corrected chi connectivity index (χ1v) is 7.24. The van der Waals surface area contributed by atoms with Gasteiger partial charge in [0.05, 0.1) is 6.42 Å². The van der Waals surface area contributed by atoms with Crippen molar-refractivity contribution in [1.29, 1.82) is 0 Å². The zero-order valence-electron chi connectivity index (χ0n) is 10.6. The van der Waals surface area contributed by atoms with Gasteiger partial charge in [-0.05, 0) is 42.0 Å². The molecule has 2 N–H and O–H groups in total. The molecule has 0 aliphatic rings. The molecule has 0 aliphatic carbocycles. The maximum atomic E-state index is 11.8. The lowest BCUT2D eigenvalue weighted by molar-refractivity contribution is -0.119. The van der Waals surface area contributed by atoms with E-state index >= 15 is 0 Å². The number of hydrogen-bond acceptors (Lipinski definition) is 2. The van der Waals surface area contributed by atoms with E-state index < -0.39 is 0 Å². The van der Waals surface area contributed by atoms with Crippen LogP contribution in [0.5, 0.6) is 0 Å². The number of nitrogens with one attached hydrogen (secondary N) is 2. The highest BCUT2D eigenvalue weighted by Crippen LogP contribution is 2.13. The smallest absolute Gasteiger partial charge is 0.230 e. The molecular formula is C15H13BrN2OS. The molecule has 0 fully saturated rings. The minimum Gasteiger partial charge on any atom is -0.332 e. The van der Waals surface area contributed by atoms with Gasteiger partial charge in [-0.25, -0.2) is 0 Å². The van der Waals surface area contributed by atoms with Gasteiger partial charge in [0, 0.05) is 10.2 Å². The second kappa shape index (κ2) is 7.17. The van der Waals surface area contributed by atoms with Crippen LogP contribution in [0.1, 0.15) is 5.56 Å². The highest BCUT2D eigenvalue weighted by Gasteiger charge is 2.05. The van der Waals surface area contributed by atoms with Crippen LogP contribution >= 0.6 is 28.1 Å². The Hall–Kier alpha value is -1.72. The zero-order chi connectivity index (χ0) is 14.4. The van der Waals surface area contributed by atoms with Crippen LogP contribution in [0.25, 0.3) is 0 Å². The van der Waals surface area contributed by atoms with Gasteiger partial charge in [0.15, 0.2) is 5.11 Å². The molecule has 0 saturated carbocycles. The van der Waals surface area contributed by atoms with Crippen LogP contribution in [0.2, 0.25) is 0 Å². The first kappa shape index (κ1) is 14.7. The van der Waals surface area contributed by atoms with Gasteiger partial charge in [-0.1, -0.05) is 46.3 Å². The molecule has 20 heavy (non-hydrogen) atoms. The van der Waals surface area contributed by atoms with Crippen molar-refractivity contribution in [2.75, 3.05) is 5.32 Å². The second-order valence-electron chi connectivity index (χ2n) is 4.17. The lowest BCUT2D eigenvalue weighted by Crippen LogP contribution is -2.35. The summed E-state index contributed by atoms with van der Waals surface area (Å²) in [6, 6.07) is 17.1. The molecule has 0 saturated heterocycles. The molecule has 0 aliphatic heterocycles. The summed E-state index contributed by atoms with van der Waals surface area (Å²) < 4.78 is 0.988. The van der Waals surface area contributed by atoms with Crippen LogP contribution in [0.3, 0.4) is 0 Å². The van der Waals surface area contributed by atoms with Gasteiger partial charge in [0.25, 0.3) is 0 Å². The van der Waals surface area contributed by atoms with Crippen molar-refractivity contribution in [2.45, 2.75) is 6.42 Å². The molecule has 0 aromatic heterocycles. The zero-order valence-corrected chi connectivity index (χ0v) is 13.0. The van der Waals surface area contributed by atoms with E-state index in [1.165, 1.54) is 0 Å². The van der Waals surface area contributed by atoms with Crippen molar-refractivity contribution in [3.05, 3.63) is 64.6 Å². The molecule has 2 aromatic carbocycles. The summed E-state index contributed by atoms with van der Waals surface area (Å²) in [6.07, 6.45) is 0.309. The van der Waals surface area contributed by atoms with Crippen LogP contribution in [-0.4, -0.2) is 11.0 Å². The van der Waals surface area contributed by atoms with Crippen molar-refractivity contribution in [3.63, 3.8) is 0 Å². The Kier molecular flexibility index (Phi) is 5.26. The lowest BCUT2D eigenvalue weighted by Gasteiger charge is -2.09. The second-order valence-corrected chi connectivity index (χ2v) is 5.50. The Morgan fingerprint density at radius 1 is 1.05 bits per heavy atom. The number of anilines is 1. The molecule has 2 rings (SSSR count). The largest absolute Gasteiger partial charge is 0.332 e. The number of benzene rings is 2. The van der Waals surface area contributed by atoms with E-state index in [0.29, 0.717) is 11.5 Å². The Bertz CT molecular complexity index is 599. The predicted molar refractivity (Wildman–Crippen MR) is 88.7 cm³/mol. The van der Waals surface area contributed by atoms with Gasteiger partial charge in [-0.3, -0.25) is 4.79 Å². The minimum atomic E-state index is -0.134. The van der Waals surface area contributed by atoms with Gasteiger partial charge in [0.1, 0.15) is 0 Å². The van der Waals surface area contributed by atoms with E-state index in [-0.39, 0.29) is 5.91 Å². The third-order valence-corrected chi connectivity index (χ3v) is 3.30. The third kappa shape index (κ3) is 4.75. The molecule has 0 heterocycles. The normalized spacial score (nSPS) is 9.85. The van der Waals surface area contributed by atoms with Crippen LogP contribution in [0, 0.1) is 0 Å². The summed E-state index contributed by atoms with van der Waals surface area (Å²) >= 11 is 8.47. The Morgan fingerprint density at radius 3 is 2.35 bits per heavy atom. The van der Waals surface area contributed by atoms with Gasteiger partial charge < -0.3 is 10.6 Å². The fourth-order valence-electron chi connectivity index (χ4n) is 1.65. The number of halogens is 1. The molecule has 102 valence electrons. The first-order valence-electron chi connectivity index (χ1n) is 6.04.